The van der Waals surface area contributed by atoms with Crippen molar-refractivity contribution in [1.82, 2.24) is 10.2 Å². The summed E-state index contributed by atoms with van der Waals surface area (Å²) in [4.78, 5) is 15.6. The third-order valence-corrected chi connectivity index (χ3v) is 7.79. The standard InChI is InChI=1S/C27H31ClN2O3S2.CH3Cl/c1-3-5-9-19(4-2)23-12-8-13-30(23)27(34)25(32)24(31)26(33)29-16-21-15-18(17-35-21)14-20-10-6-7-11-22(20)28;1-2/h3-7,9-11,15,17,23-25,31-32H,2,8,12-14,16H2,1H3,(H,29,33);1H3/b5-3-,19-9+;/t23?,24-,25-;/m1./s1. The molecule has 3 N–H and O–H groups in total. The molecule has 1 saturated heterocycles. The number of nitrogens with zero attached hydrogens (tertiary/aromatic N) is 1. The molecule has 200 valence electrons. The Balaban J connectivity index is 0.00000235. The Morgan fingerprint density at radius 1 is 1.32 bits per heavy atom. The van der Waals surface area contributed by atoms with Gasteiger partial charge in [-0.2, -0.15) is 0 Å². The zero-order valence-corrected chi connectivity index (χ0v) is 24.2. The van der Waals surface area contributed by atoms with Crippen LogP contribution in [0.25, 0.3) is 0 Å². The summed E-state index contributed by atoms with van der Waals surface area (Å²) >= 11 is 17.9. The Hall–Kier alpha value is -2.00. The highest BCUT2D eigenvalue weighted by molar-refractivity contribution is 7.80. The van der Waals surface area contributed by atoms with Gasteiger partial charge in [0.15, 0.2) is 6.10 Å². The Morgan fingerprint density at radius 2 is 2.05 bits per heavy atom. The number of carbonyl (C=O) groups is 1. The lowest BCUT2D eigenvalue weighted by atomic mass is 10.0. The number of likely N-dealkylation sites (tertiary alicyclic amines) is 1. The molecule has 0 aliphatic carbocycles. The summed E-state index contributed by atoms with van der Waals surface area (Å²) < 4.78 is 0. The van der Waals surface area contributed by atoms with E-state index in [1.165, 1.54) is 17.7 Å². The second kappa shape index (κ2) is 16.1. The molecule has 1 aliphatic rings. The number of aliphatic hydroxyl groups is 2. The first-order valence-corrected chi connectivity index (χ1v) is 14.3. The zero-order valence-electron chi connectivity index (χ0n) is 21.1. The van der Waals surface area contributed by atoms with Crippen molar-refractivity contribution in [1.29, 1.82) is 0 Å². The number of benzene rings is 1. The van der Waals surface area contributed by atoms with Crippen LogP contribution in [0.5, 0.6) is 0 Å². The number of rotatable bonds is 10. The summed E-state index contributed by atoms with van der Waals surface area (Å²) in [5.74, 6) is -0.662. The van der Waals surface area contributed by atoms with E-state index in [-0.39, 0.29) is 17.6 Å². The van der Waals surface area contributed by atoms with Gasteiger partial charge in [-0.1, -0.05) is 72.9 Å². The molecule has 1 amide bonds. The molecule has 1 aromatic heterocycles. The maximum atomic E-state index is 12.6. The molecular formula is C28H34Cl2N2O3S2. The molecule has 1 fully saturated rings. The number of amides is 1. The second-order valence-electron chi connectivity index (χ2n) is 8.38. The first-order valence-electron chi connectivity index (χ1n) is 11.9. The van der Waals surface area contributed by atoms with E-state index in [4.69, 9.17) is 23.8 Å². The third kappa shape index (κ3) is 8.77. The van der Waals surface area contributed by atoms with E-state index in [0.717, 1.165) is 39.4 Å². The van der Waals surface area contributed by atoms with Gasteiger partial charge in [0.05, 0.1) is 12.6 Å². The third-order valence-electron chi connectivity index (χ3n) is 5.96. The van der Waals surface area contributed by atoms with Crippen molar-refractivity contribution in [2.75, 3.05) is 12.9 Å². The highest BCUT2D eigenvalue weighted by Crippen LogP contribution is 2.27. The minimum atomic E-state index is -1.65. The first-order chi connectivity index (χ1) is 17.8. The molecule has 37 heavy (non-hydrogen) atoms. The van der Waals surface area contributed by atoms with Gasteiger partial charge in [-0.05, 0) is 60.4 Å². The molecule has 0 saturated carbocycles. The molecule has 0 bridgehead atoms. The quantitative estimate of drug-likeness (QED) is 0.192. The molecular weight excluding hydrogens is 547 g/mol. The van der Waals surface area contributed by atoms with Crippen molar-refractivity contribution in [2.24, 2.45) is 0 Å². The topological polar surface area (TPSA) is 72.8 Å². The highest BCUT2D eigenvalue weighted by atomic mass is 35.5. The monoisotopic (exact) mass is 580 g/mol. The fourth-order valence-corrected chi connectivity index (χ4v) is 5.48. The molecule has 1 aliphatic heterocycles. The van der Waals surface area contributed by atoms with Gasteiger partial charge in [0.2, 0.25) is 0 Å². The summed E-state index contributed by atoms with van der Waals surface area (Å²) in [6, 6.07) is 9.67. The number of alkyl halides is 1. The van der Waals surface area contributed by atoms with Crippen LogP contribution in [0.1, 0.15) is 35.8 Å². The predicted octanol–water partition coefficient (Wildman–Crippen LogP) is 5.67. The largest absolute Gasteiger partial charge is 0.383 e. The lowest BCUT2D eigenvalue weighted by molar-refractivity contribution is -0.133. The summed E-state index contributed by atoms with van der Waals surface area (Å²) in [5, 5.41) is 26.7. The molecule has 5 nitrogen and oxygen atoms in total. The molecule has 1 aromatic carbocycles. The van der Waals surface area contributed by atoms with E-state index in [9.17, 15) is 15.0 Å². The Kier molecular flexibility index (Phi) is 13.6. The van der Waals surface area contributed by atoms with Gasteiger partial charge >= 0.3 is 0 Å². The van der Waals surface area contributed by atoms with Gasteiger partial charge in [-0.25, -0.2) is 0 Å². The predicted molar refractivity (Wildman–Crippen MR) is 160 cm³/mol. The molecule has 1 unspecified atom stereocenters. The Labute approximate surface area is 239 Å². The van der Waals surface area contributed by atoms with Gasteiger partial charge in [0.25, 0.3) is 5.91 Å². The number of thiocarbonyl (C=S) groups is 1. The molecule has 3 atom stereocenters. The minimum absolute atomic E-state index is 0.0382. The summed E-state index contributed by atoms with van der Waals surface area (Å²) in [6.45, 7) is 6.73. The van der Waals surface area contributed by atoms with Crippen molar-refractivity contribution < 1.29 is 15.0 Å². The average molecular weight is 582 g/mol. The van der Waals surface area contributed by atoms with Gasteiger partial charge < -0.3 is 20.4 Å². The Morgan fingerprint density at radius 3 is 2.73 bits per heavy atom. The number of thiophene rings is 1. The van der Waals surface area contributed by atoms with Crippen LogP contribution in [0.15, 0.2) is 72.2 Å². The van der Waals surface area contributed by atoms with E-state index in [1.54, 1.807) is 6.08 Å². The molecule has 2 aromatic rings. The van der Waals surface area contributed by atoms with Crippen molar-refractivity contribution >= 4 is 57.7 Å². The number of hydrogen-bond donors (Lipinski definition) is 3. The zero-order chi connectivity index (χ0) is 27.4. The van der Waals surface area contributed by atoms with Gasteiger partial charge in [-0.3, -0.25) is 4.79 Å². The van der Waals surface area contributed by atoms with Crippen molar-refractivity contribution in [2.45, 2.75) is 51.0 Å². The van der Waals surface area contributed by atoms with Crippen LogP contribution in [-0.4, -0.2) is 57.2 Å². The first kappa shape index (κ1) is 31.2. The maximum absolute atomic E-state index is 12.6. The lowest BCUT2D eigenvalue weighted by Crippen LogP contribution is -2.51. The molecule has 3 rings (SSSR count). The number of nitrogens with one attached hydrogen (secondary N) is 1. The van der Waals surface area contributed by atoms with Gasteiger partial charge in [0, 0.05) is 22.8 Å². The van der Waals surface area contributed by atoms with Crippen LogP contribution in [0, 0.1) is 0 Å². The van der Waals surface area contributed by atoms with E-state index in [2.05, 4.69) is 23.5 Å². The maximum Gasteiger partial charge on any atom is 0.252 e. The fraction of sp³-hybridized carbons (Fsp3) is 0.357. The Bertz CT molecular complexity index is 1120. The van der Waals surface area contributed by atoms with Crippen molar-refractivity contribution in [3.8, 4) is 0 Å². The smallest absolute Gasteiger partial charge is 0.252 e. The SMILES string of the molecule is C=C/C(=C\C=C/C)C1CCCN1C(=S)[C@H](O)[C@@H](O)C(=O)NCc1cc(Cc2ccccc2Cl)cs1.CCl. The van der Waals surface area contributed by atoms with E-state index < -0.39 is 18.1 Å². The van der Waals surface area contributed by atoms with E-state index in [0.29, 0.717) is 13.0 Å². The molecule has 2 heterocycles. The summed E-state index contributed by atoms with van der Waals surface area (Å²) in [5.41, 5.74) is 3.12. The normalized spacial score (nSPS) is 17.2. The molecule has 9 heteroatoms. The fourth-order valence-electron chi connectivity index (χ4n) is 4.10. The second-order valence-corrected chi connectivity index (χ2v) is 10.2. The summed E-state index contributed by atoms with van der Waals surface area (Å²) in [7, 11) is 0. The van der Waals surface area contributed by atoms with E-state index in [1.807, 2.05) is 65.8 Å². The highest BCUT2D eigenvalue weighted by Gasteiger charge is 2.35. The molecule has 0 radical (unpaired) electrons. The van der Waals surface area contributed by atoms with Crippen LogP contribution >= 0.6 is 46.8 Å². The van der Waals surface area contributed by atoms with Crippen LogP contribution in [-0.2, 0) is 17.8 Å². The van der Waals surface area contributed by atoms with Crippen LogP contribution in [0.2, 0.25) is 5.02 Å². The summed E-state index contributed by atoms with van der Waals surface area (Å²) in [6.07, 6.45) is 8.41. The molecule has 0 spiro atoms. The van der Waals surface area contributed by atoms with Crippen molar-refractivity contribution in [3.05, 3.63) is 93.2 Å². The van der Waals surface area contributed by atoms with Gasteiger partial charge in [0.1, 0.15) is 11.1 Å². The van der Waals surface area contributed by atoms with Crippen molar-refractivity contribution in [3.63, 3.8) is 0 Å². The average Bonchev–Trinajstić information content (AvgIpc) is 3.59. The minimum Gasteiger partial charge on any atom is -0.383 e. The number of aliphatic hydroxyl groups excluding tert-OH is 2. The number of allylic oxidation sites excluding steroid dienone is 3. The van der Waals surface area contributed by atoms with Crippen LogP contribution < -0.4 is 5.32 Å². The number of carbonyl (C=O) groups excluding carboxylic acids is 1. The number of halogens is 2. The van der Waals surface area contributed by atoms with Crippen LogP contribution in [0.3, 0.4) is 0 Å². The lowest BCUT2D eigenvalue weighted by Gasteiger charge is -2.31. The van der Waals surface area contributed by atoms with E-state index >= 15 is 0 Å². The van der Waals surface area contributed by atoms with Gasteiger partial charge in [-0.15, -0.1) is 22.9 Å². The number of hydrogen-bond acceptors (Lipinski definition) is 5. The van der Waals surface area contributed by atoms with Crippen LogP contribution in [0.4, 0.5) is 0 Å².